The van der Waals surface area contributed by atoms with Gasteiger partial charge in [-0.3, -0.25) is 4.79 Å². The number of nitrogens with zero attached hydrogens (tertiary/aromatic N) is 3. The Balaban J connectivity index is 2.73. The maximum absolute atomic E-state index is 11.5. The van der Waals surface area contributed by atoms with Gasteiger partial charge in [0.05, 0.1) is 6.33 Å². The molecule has 0 unspecified atom stereocenters. The Labute approximate surface area is 110 Å². The molecule has 0 saturated heterocycles. The Bertz CT molecular complexity index is 405. The van der Waals surface area contributed by atoms with E-state index >= 15 is 0 Å². The Kier molecular flexibility index (Phi) is 5.64. The van der Waals surface area contributed by atoms with E-state index in [0.717, 1.165) is 31.9 Å². The Morgan fingerprint density at radius 2 is 2.12 bits per heavy atom. The molecule has 0 aliphatic rings. The normalized spacial score (nSPS) is 10.9. The van der Waals surface area contributed by atoms with Crippen LogP contribution in [0.1, 0.15) is 13.3 Å². The molecule has 1 aromatic rings. The highest BCUT2D eigenvalue weighted by Crippen LogP contribution is 2.18. The first kappa shape index (κ1) is 14.2. The molecule has 0 bridgehead atoms. The predicted octanol–water partition coefficient (Wildman–Crippen LogP) is 1.31. The van der Waals surface area contributed by atoms with E-state index in [1.807, 2.05) is 0 Å². The van der Waals surface area contributed by atoms with Gasteiger partial charge in [0, 0.05) is 13.1 Å². The van der Waals surface area contributed by atoms with Crippen molar-refractivity contribution in [3.8, 4) is 0 Å². The van der Waals surface area contributed by atoms with Gasteiger partial charge in [0.15, 0.2) is 0 Å². The van der Waals surface area contributed by atoms with Crippen LogP contribution >= 0.6 is 15.9 Å². The monoisotopic (exact) mass is 302 g/mol. The molecule has 0 spiro atoms. The third kappa shape index (κ3) is 4.12. The van der Waals surface area contributed by atoms with Gasteiger partial charge < -0.3 is 14.8 Å². The number of aromatic amines is 1. The number of nitrogens with one attached hydrogen (secondary N) is 1. The largest absolute Gasteiger partial charge is 0.356 e. The van der Waals surface area contributed by atoms with Crippen molar-refractivity contribution >= 4 is 21.7 Å². The molecule has 17 heavy (non-hydrogen) atoms. The average molecular weight is 303 g/mol. The molecule has 96 valence electrons. The van der Waals surface area contributed by atoms with Crippen LogP contribution in [0.3, 0.4) is 0 Å². The first-order valence-corrected chi connectivity index (χ1v) is 6.48. The van der Waals surface area contributed by atoms with Crippen molar-refractivity contribution in [2.24, 2.45) is 0 Å². The molecule has 0 aliphatic heterocycles. The highest BCUT2D eigenvalue weighted by molar-refractivity contribution is 9.10. The maximum atomic E-state index is 11.5. The van der Waals surface area contributed by atoms with Gasteiger partial charge in [-0.25, -0.2) is 4.98 Å². The molecular formula is C11H19BrN4O. The summed E-state index contributed by atoms with van der Waals surface area (Å²) in [5, 5.41) is 0. The van der Waals surface area contributed by atoms with Crippen LogP contribution in [0.4, 0.5) is 5.82 Å². The number of H-pyrrole nitrogens is 1. The maximum Gasteiger partial charge on any atom is 0.267 e. The minimum atomic E-state index is -0.138. The van der Waals surface area contributed by atoms with E-state index in [1.165, 1.54) is 6.33 Å². The molecule has 6 heteroatoms. The molecule has 1 heterocycles. The van der Waals surface area contributed by atoms with Crippen molar-refractivity contribution in [1.82, 2.24) is 14.9 Å². The number of halogens is 1. The van der Waals surface area contributed by atoms with Crippen molar-refractivity contribution < 1.29 is 0 Å². The van der Waals surface area contributed by atoms with Crippen LogP contribution in [0.5, 0.6) is 0 Å². The van der Waals surface area contributed by atoms with Crippen LogP contribution in [0.25, 0.3) is 0 Å². The first-order valence-electron chi connectivity index (χ1n) is 5.69. The third-order valence-corrected chi connectivity index (χ3v) is 3.21. The molecule has 0 atom stereocenters. The number of rotatable bonds is 6. The summed E-state index contributed by atoms with van der Waals surface area (Å²) in [5.74, 6) is 0.718. The summed E-state index contributed by atoms with van der Waals surface area (Å²) in [7, 11) is 4.11. The minimum Gasteiger partial charge on any atom is -0.356 e. The Morgan fingerprint density at radius 3 is 2.71 bits per heavy atom. The highest BCUT2D eigenvalue weighted by Gasteiger charge is 2.12. The zero-order chi connectivity index (χ0) is 12.8. The average Bonchev–Trinajstić information content (AvgIpc) is 2.28. The molecule has 0 saturated carbocycles. The third-order valence-electron chi connectivity index (χ3n) is 2.49. The van der Waals surface area contributed by atoms with Gasteiger partial charge in [0.25, 0.3) is 5.56 Å². The van der Waals surface area contributed by atoms with E-state index in [4.69, 9.17) is 0 Å². The first-order chi connectivity index (χ1) is 8.06. The molecule has 0 aromatic carbocycles. The van der Waals surface area contributed by atoms with Crippen molar-refractivity contribution in [3.05, 3.63) is 21.2 Å². The summed E-state index contributed by atoms with van der Waals surface area (Å²) in [4.78, 5) is 22.5. The molecule has 0 aliphatic carbocycles. The topological polar surface area (TPSA) is 52.2 Å². The molecule has 1 N–H and O–H groups in total. The second-order valence-electron chi connectivity index (χ2n) is 4.11. The number of hydrogen-bond acceptors (Lipinski definition) is 4. The Hall–Kier alpha value is -0.880. The molecule has 0 fully saturated rings. The van der Waals surface area contributed by atoms with Gasteiger partial charge in [-0.2, -0.15) is 0 Å². The van der Waals surface area contributed by atoms with Crippen molar-refractivity contribution in [3.63, 3.8) is 0 Å². The summed E-state index contributed by atoms with van der Waals surface area (Å²) in [6, 6.07) is 0. The number of hydrogen-bond donors (Lipinski definition) is 1. The van der Waals surface area contributed by atoms with E-state index in [0.29, 0.717) is 4.47 Å². The van der Waals surface area contributed by atoms with E-state index in [1.54, 1.807) is 0 Å². The van der Waals surface area contributed by atoms with Crippen LogP contribution in [0.2, 0.25) is 0 Å². The molecule has 5 nitrogen and oxygen atoms in total. The van der Waals surface area contributed by atoms with Crippen LogP contribution in [0, 0.1) is 0 Å². The quantitative estimate of drug-likeness (QED) is 0.861. The van der Waals surface area contributed by atoms with Gasteiger partial charge in [-0.15, -0.1) is 0 Å². The predicted molar refractivity (Wildman–Crippen MR) is 73.6 cm³/mol. The van der Waals surface area contributed by atoms with E-state index in [9.17, 15) is 4.79 Å². The van der Waals surface area contributed by atoms with Crippen LogP contribution in [-0.2, 0) is 0 Å². The van der Waals surface area contributed by atoms with Gasteiger partial charge >= 0.3 is 0 Å². The van der Waals surface area contributed by atoms with Crippen molar-refractivity contribution in [1.29, 1.82) is 0 Å². The van der Waals surface area contributed by atoms with Crippen LogP contribution < -0.4 is 10.5 Å². The zero-order valence-electron chi connectivity index (χ0n) is 10.5. The van der Waals surface area contributed by atoms with Gasteiger partial charge in [0.1, 0.15) is 10.3 Å². The van der Waals surface area contributed by atoms with E-state index in [2.05, 4.69) is 56.7 Å². The lowest BCUT2D eigenvalue weighted by Crippen LogP contribution is -2.29. The number of aromatic nitrogens is 2. The molecule has 1 aromatic heterocycles. The second kappa shape index (κ2) is 6.76. The molecular weight excluding hydrogens is 284 g/mol. The van der Waals surface area contributed by atoms with Crippen LogP contribution in [0.15, 0.2) is 15.6 Å². The Morgan fingerprint density at radius 1 is 1.41 bits per heavy atom. The molecule has 0 radical (unpaired) electrons. The highest BCUT2D eigenvalue weighted by atomic mass is 79.9. The SMILES string of the molecule is CCN(CCCN(C)C)c1nc[nH]c(=O)c1Br. The molecule has 0 amide bonds. The smallest absolute Gasteiger partial charge is 0.267 e. The standard InChI is InChI=1S/C11H19BrN4O/c1-4-16(7-5-6-15(2)3)10-9(12)11(17)14-8-13-10/h8H,4-7H2,1-3H3,(H,13,14,17). The zero-order valence-corrected chi connectivity index (χ0v) is 12.1. The molecule has 1 rings (SSSR count). The van der Waals surface area contributed by atoms with Crippen molar-refractivity contribution in [2.75, 3.05) is 38.6 Å². The summed E-state index contributed by atoms with van der Waals surface area (Å²) in [5.41, 5.74) is -0.138. The van der Waals surface area contributed by atoms with Crippen LogP contribution in [-0.4, -0.2) is 48.6 Å². The van der Waals surface area contributed by atoms with E-state index < -0.39 is 0 Å². The lowest BCUT2D eigenvalue weighted by molar-refractivity contribution is 0.400. The summed E-state index contributed by atoms with van der Waals surface area (Å²) in [6.45, 7) is 4.81. The fourth-order valence-electron chi connectivity index (χ4n) is 1.59. The lowest BCUT2D eigenvalue weighted by atomic mass is 10.3. The summed E-state index contributed by atoms with van der Waals surface area (Å²) < 4.78 is 0.506. The van der Waals surface area contributed by atoms with Gasteiger partial charge in [-0.05, 0) is 49.9 Å². The van der Waals surface area contributed by atoms with Crippen molar-refractivity contribution in [2.45, 2.75) is 13.3 Å². The minimum absolute atomic E-state index is 0.138. The lowest BCUT2D eigenvalue weighted by Gasteiger charge is -2.23. The van der Waals surface area contributed by atoms with Gasteiger partial charge in [0.2, 0.25) is 0 Å². The number of anilines is 1. The van der Waals surface area contributed by atoms with E-state index in [-0.39, 0.29) is 5.56 Å². The summed E-state index contributed by atoms with van der Waals surface area (Å²) >= 11 is 3.28. The fraction of sp³-hybridized carbons (Fsp3) is 0.636. The second-order valence-corrected chi connectivity index (χ2v) is 4.90. The summed E-state index contributed by atoms with van der Waals surface area (Å²) in [6.07, 6.45) is 2.48. The fourth-order valence-corrected chi connectivity index (χ4v) is 2.05. The van der Waals surface area contributed by atoms with Gasteiger partial charge in [-0.1, -0.05) is 0 Å².